The van der Waals surface area contributed by atoms with Gasteiger partial charge in [-0.25, -0.2) is 4.79 Å². The topological polar surface area (TPSA) is 86.0 Å². The molecular weight excluding hydrogens is 384 g/mol. The number of carboxylic acid groups (broad SMARTS) is 1. The average molecular weight is 408 g/mol. The van der Waals surface area contributed by atoms with Crippen molar-refractivity contribution in [1.82, 2.24) is 0 Å². The van der Waals surface area contributed by atoms with Gasteiger partial charge in [-0.05, 0) is 48.6 Å². The Morgan fingerprint density at radius 2 is 1.73 bits per heavy atom. The van der Waals surface area contributed by atoms with Gasteiger partial charge >= 0.3 is 5.97 Å². The molecule has 0 unspecified atom stereocenters. The van der Waals surface area contributed by atoms with E-state index in [1.165, 1.54) is 38.4 Å². The molecule has 0 amide bonds. The lowest BCUT2D eigenvalue weighted by Gasteiger charge is -2.21. The van der Waals surface area contributed by atoms with Crippen LogP contribution in [0.1, 0.15) is 32.1 Å². The number of benzene rings is 2. The highest BCUT2D eigenvalue weighted by molar-refractivity contribution is 5.82. The van der Waals surface area contributed by atoms with E-state index in [4.69, 9.17) is 19.0 Å². The molecule has 0 aliphatic heterocycles. The van der Waals surface area contributed by atoms with Crippen LogP contribution in [0, 0.1) is 5.92 Å². The monoisotopic (exact) mass is 408 g/mol. The smallest absolute Gasteiger partial charge is 0.341 e. The molecule has 1 N–H and O–H groups in total. The first-order valence-corrected chi connectivity index (χ1v) is 10.2. The Labute approximate surface area is 174 Å². The quantitative estimate of drug-likeness (QED) is 0.599. The maximum Gasteiger partial charge on any atom is 0.341 e. The third-order valence-corrected chi connectivity index (χ3v) is 5.48. The van der Waals surface area contributed by atoms with E-state index < -0.39 is 12.6 Å². The normalized spacial score (nSPS) is 14.5. The fourth-order valence-electron chi connectivity index (χ4n) is 3.84. The second kappa shape index (κ2) is 9.03. The first-order valence-electron chi connectivity index (χ1n) is 10.2. The second-order valence-corrected chi connectivity index (χ2v) is 7.66. The van der Waals surface area contributed by atoms with E-state index in [0.29, 0.717) is 46.1 Å². The zero-order valence-electron chi connectivity index (χ0n) is 16.6. The van der Waals surface area contributed by atoms with Gasteiger partial charge in [-0.15, -0.1) is 0 Å². The third kappa shape index (κ3) is 4.64. The molecule has 156 valence electrons. The molecule has 0 atom stereocenters. The van der Waals surface area contributed by atoms with Gasteiger partial charge in [-0.1, -0.05) is 31.4 Å². The van der Waals surface area contributed by atoms with Gasteiger partial charge in [-0.3, -0.25) is 4.79 Å². The zero-order chi connectivity index (χ0) is 20.9. The highest BCUT2D eigenvalue weighted by Crippen LogP contribution is 2.27. The fourth-order valence-corrected chi connectivity index (χ4v) is 3.84. The Bertz CT molecular complexity index is 1080. The van der Waals surface area contributed by atoms with Crippen LogP contribution in [0.25, 0.3) is 22.1 Å². The first kappa shape index (κ1) is 20.0. The predicted molar refractivity (Wildman–Crippen MR) is 113 cm³/mol. The number of carboxylic acids is 1. The molecule has 1 heterocycles. The van der Waals surface area contributed by atoms with Crippen molar-refractivity contribution >= 4 is 16.9 Å². The second-order valence-electron chi connectivity index (χ2n) is 7.66. The Kier molecular flexibility index (Phi) is 6.02. The molecular formula is C24H24O6. The molecule has 4 rings (SSSR count). The first-order chi connectivity index (χ1) is 14.6. The van der Waals surface area contributed by atoms with Crippen LogP contribution in [-0.4, -0.2) is 24.3 Å². The zero-order valence-corrected chi connectivity index (χ0v) is 16.6. The maximum absolute atomic E-state index is 12.9. The molecule has 6 heteroatoms. The van der Waals surface area contributed by atoms with Crippen LogP contribution in [0.15, 0.2) is 57.9 Å². The molecule has 1 aliphatic rings. The SMILES string of the molecule is O=C(O)COc1ccc(-c2coc3cc(OCC4CCCCC4)ccc3c2=O)cc1. The Morgan fingerprint density at radius 3 is 2.47 bits per heavy atom. The number of ether oxygens (including phenoxy) is 2. The molecule has 2 aromatic carbocycles. The van der Waals surface area contributed by atoms with Crippen molar-refractivity contribution in [2.45, 2.75) is 32.1 Å². The minimum Gasteiger partial charge on any atom is -0.493 e. The van der Waals surface area contributed by atoms with E-state index in [1.807, 2.05) is 6.07 Å². The summed E-state index contributed by atoms with van der Waals surface area (Å²) in [5, 5.41) is 9.17. The summed E-state index contributed by atoms with van der Waals surface area (Å²) in [6.45, 7) is 0.284. The number of aliphatic carboxylic acids is 1. The largest absolute Gasteiger partial charge is 0.493 e. The molecule has 3 aromatic rings. The van der Waals surface area contributed by atoms with Crippen molar-refractivity contribution < 1.29 is 23.8 Å². The van der Waals surface area contributed by atoms with Crippen molar-refractivity contribution in [2.24, 2.45) is 5.92 Å². The van der Waals surface area contributed by atoms with Gasteiger partial charge in [0, 0.05) is 6.07 Å². The predicted octanol–water partition coefficient (Wildman–Crippen LogP) is 4.88. The lowest BCUT2D eigenvalue weighted by molar-refractivity contribution is -0.139. The summed E-state index contributed by atoms with van der Waals surface area (Å²) in [6, 6.07) is 12.0. The van der Waals surface area contributed by atoms with Crippen LogP contribution < -0.4 is 14.9 Å². The molecule has 0 bridgehead atoms. The van der Waals surface area contributed by atoms with Crippen molar-refractivity contribution in [3.05, 3.63) is 59.0 Å². The molecule has 1 aromatic heterocycles. The van der Waals surface area contributed by atoms with Crippen LogP contribution in [0.2, 0.25) is 0 Å². The van der Waals surface area contributed by atoms with Crippen molar-refractivity contribution in [1.29, 1.82) is 0 Å². The summed E-state index contributed by atoms with van der Waals surface area (Å²) >= 11 is 0. The molecule has 1 aliphatic carbocycles. The number of hydrogen-bond acceptors (Lipinski definition) is 5. The summed E-state index contributed by atoms with van der Waals surface area (Å²) in [7, 11) is 0. The van der Waals surface area contributed by atoms with Gasteiger partial charge in [0.25, 0.3) is 0 Å². The van der Waals surface area contributed by atoms with Crippen LogP contribution >= 0.6 is 0 Å². The van der Waals surface area contributed by atoms with Gasteiger partial charge in [0.15, 0.2) is 12.0 Å². The summed E-state index contributed by atoms with van der Waals surface area (Å²) in [4.78, 5) is 23.5. The minimum atomic E-state index is -1.05. The van der Waals surface area contributed by atoms with Crippen LogP contribution in [0.5, 0.6) is 11.5 Å². The van der Waals surface area contributed by atoms with Gasteiger partial charge in [0.2, 0.25) is 0 Å². The van der Waals surface area contributed by atoms with Crippen LogP contribution in [-0.2, 0) is 4.79 Å². The van der Waals surface area contributed by atoms with E-state index in [2.05, 4.69) is 0 Å². The van der Waals surface area contributed by atoms with Gasteiger partial charge < -0.3 is 19.0 Å². The number of hydrogen-bond donors (Lipinski definition) is 1. The fraction of sp³-hybridized carbons (Fsp3) is 0.333. The van der Waals surface area contributed by atoms with E-state index >= 15 is 0 Å². The Balaban J connectivity index is 1.51. The van der Waals surface area contributed by atoms with Crippen LogP contribution in [0.3, 0.4) is 0 Å². The number of fused-ring (bicyclic) bond motifs is 1. The van der Waals surface area contributed by atoms with E-state index in [9.17, 15) is 9.59 Å². The molecule has 0 saturated heterocycles. The summed E-state index contributed by atoms with van der Waals surface area (Å²) in [5.41, 5.74) is 1.47. The summed E-state index contributed by atoms with van der Waals surface area (Å²) < 4.78 is 16.8. The molecule has 1 fully saturated rings. The highest BCUT2D eigenvalue weighted by Gasteiger charge is 2.15. The Hall–Kier alpha value is -3.28. The van der Waals surface area contributed by atoms with Gasteiger partial charge in [0.1, 0.15) is 23.3 Å². The lowest BCUT2D eigenvalue weighted by Crippen LogP contribution is -2.15. The molecule has 1 saturated carbocycles. The summed E-state index contributed by atoms with van der Waals surface area (Å²) in [5.74, 6) is 0.692. The Morgan fingerprint density at radius 1 is 1.00 bits per heavy atom. The molecule has 6 nitrogen and oxygen atoms in total. The van der Waals surface area contributed by atoms with Gasteiger partial charge in [-0.2, -0.15) is 0 Å². The number of rotatable bonds is 7. The minimum absolute atomic E-state index is 0.130. The average Bonchev–Trinajstić information content (AvgIpc) is 2.78. The summed E-state index contributed by atoms with van der Waals surface area (Å²) in [6.07, 6.45) is 7.74. The molecule has 0 spiro atoms. The molecule has 30 heavy (non-hydrogen) atoms. The maximum atomic E-state index is 12.9. The number of carbonyl (C=O) groups is 1. The van der Waals surface area contributed by atoms with Crippen molar-refractivity contribution in [2.75, 3.05) is 13.2 Å². The standard InChI is InChI=1S/C24H24O6/c25-23(26)15-29-18-8-6-17(7-9-18)21-14-30-22-12-19(10-11-20(22)24(21)27)28-13-16-4-2-1-3-5-16/h6-12,14,16H,1-5,13,15H2,(H,25,26). The van der Waals surface area contributed by atoms with Crippen LogP contribution in [0.4, 0.5) is 0 Å². The highest BCUT2D eigenvalue weighted by atomic mass is 16.5. The van der Waals surface area contributed by atoms with E-state index in [1.54, 1.807) is 36.4 Å². The molecule has 0 radical (unpaired) electrons. The van der Waals surface area contributed by atoms with E-state index in [0.717, 1.165) is 0 Å². The van der Waals surface area contributed by atoms with Crippen molar-refractivity contribution in [3.8, 4) is 22.6 Å². The van der Waals surface area contributed by atoms with Crippen molar-refractivity contribution in [3.63, 3.8) is 0 Å². The van der Waals surface area contributed by atoms with Gasteiger partial charge in [0.05, 0.1) is 17.6 Å². The lowest BCUT2D eigenvalue weighted by atomic mass is 9.90. The third-order valence-electron chi connectivity index (χ3n) is 5.48. The van der Waals surface area contributed by atoms with E-state index in [-0.39, 0.29) is 5.43 Å².